The van der Waals surface area contributed by atoms with E-state index in [1.807, 2.05) is 20.8 Å². The van der Waals surface area contributed by atoms with Gasteiger partial charge in [0.1, 0.15) is 5.01 Å². The highest BCUT2D eigenvalue weighted by Gasteiger charge is 2.35. The van der Waals surface area contributed by atoms with E-state index in [2.05, 4.69) is 10.2 Å². The molecule has 9 heteroatoms. The summed E-state index contributed by atoms with van der Waals surface area (Å²) in [4.78, 5) is 14.2. The molecule has 21 heavy (non-hydrogen) atoms. The van der Waals surface area contributed by atoms with E-state index < -0.39 is 9.84 Å². The molecule has 0 radical (unpaired) electrons. The molecule has 1 fully saturated rings. The highest BCUT2D eigenvalue weighted by Crippen LogP contribution is 2.28. The fourth-order valence-electron chi connectivity index (χ4n) is 2.38. The Morgan fingerprint density at radius 1 is 1.52 bits per heavy atom. The van der Waals surface area contributed by atoms with Crippen LogP contribution in [0.3, 0.4) is 0 Å². The van der Waals surface area contributed by atoms with Gasteiger partial charge in [0.15, 0.2) is 14.2 Å². The molecule has 118 valence electrons. The second-order valence-corrected chi connectivity index (χ2v) is 10.0. The van der Waals surface area contributed by atoms with E-state index in [1.165, 1.54) is 23.1 Å². The van der Waals surface area contributed by atoms with Crippen molar-refractivity contribution in [2.24, 2.45) is 0 Å². The van der Waals surface area contributed by atoms with Crippen molar-refractivity contribution in [1.29, 1.82) is 0 Å². The predicted octanol–water partition coefficient (Wildman–Crippen LogP) is 1.36. The second kappa shape index (κ2) is 6.62. The molecule has 0 N–H and O–H groups in total. The molecule has 1 aromatic heterocycles. The molecular formula is C12H19N3O3S3. The van der Waals surface area contributed by atoms with Crippen molar-refractivity contribution < 1.29 is 13.2 Å². The monoisotopic (exact) mass is 349 g/mol. The number of nitrogens with zero attached hydrogens (tertiary/aromatic N) is 3. The van der Waals surface area contributed by atoms with Gasteiger partial charge >= 0.3 is 0 Å². The van der Waals surface area contributed by atoms with Gasteiger partial charge in [0.25, 0.3) is 0 Å². The van der Waals surface area contributed by atoms with Gasteiger partial charge in [-0.05, 0) is 27.2 Å². The van der Waals surface area contributed by atoms with Crippen LogP contribution in [0.25, 0.3) is 0 Å². The van der Waals surface area contributed by atoms with E-state index >= 15 is 0 Å². The third-order valence-corrected chi connectivity index (χ3v) is 7.17. The van der Waals surface area contributed by atoms with E-state index in [4.69, 9.17) is 0 Å². The van der Waals surface area contributed by atoms with Crippen LogP contribution in [0.4, 0.5) is 0 Å². The first-order valence-corrected chi connectivity index (χ1v) is 10.3. The van der Waals surface area contributed by atoms with Gasteiger partial charge in [-0.1, -0.05) is 23.1 Å². The summed E-state index contributed by atoms with van der Waals surface area (Å²) in [6.07, 6.45) is 0.539. The fourth-order valence-corrected chi connectivity index (χ4v) is 6.14. The zero-order chi connectivity index (χ0) is 15.6. The van der Waals surface area contributed by atoms with Crippen LogP contribution in [0.15, 0.2) is 4.34 Å². The molecule has 0 bridgehead atoms. The lowest BCUT2D eigenvalue weighted by atomic mass is 10.2. The smallest absolute Gasteiger partial charge is 0.236 e. The summed E-state index contributed by atoms with van der Waals surface area (Å²) in [6, 6.07) is -0.188. The number of aryl methyl sites for hydroxylation is 1. The molecular weight excluding hydrogens is 330 g/mol. The summed E-state index contributed by atoms with van der Waals surface area (Å²) < 4.78 is 23.9. The molecule has 1 aromatic rings. The Hall–Kier alpha value is -0.670. The van der Waals surface area contributed by atoms with Crippen molar-refractivity contribution in [1.82, 2.24) is 15.1 Å². The number of hydrogen-bond donors (Lipinski definition) is 0. The molecule has 0 aromatic carbocycles. The average molecular weight is 350 g/mol. The topological polar surface area (TPSA) is 80.2 Å². The molecule has 2 atom stereocenters. The zero-order valence-electron chi connectivity index (χ0n) is 12.3. The van der Waals surface area contributed by atoms with Gasteiger partial charge in [-0.2, -0.15) is 0 Å². The summed E-state index contributed by atoms with van der Waals surface area (Å²) >= 11 is 2.84. The molecule has 1 amide bonds. The molecule has 0 spiro atoms. The minimum Gasteiger partial charge on any atom is -0.338 e. The Labute approximate surface area is 133 Å². The van der Waals surface area contributed by atoms with Gasteiger partial charge in [-0.15, -0.1) is 10.2 Å². The van der Waals surface area contributed by atoms with Crippen LogP contribution in [0.2, 0.25) is 0 Å². The van der Waals surface area contributed by atoms with Crippen LogP contribution in [0, 0.1) is 6.92 Å². The number of aromatic nitrogens is 2. The van der Waals surface area contributed by atoms with Crippen molar-refractivity contribution in [2.75, 3.05) is 18.1 Å². The van der Waals surface area contributed by atoms with Crippen LogP contribution in [0.5, 0.6) is 0 Å². The SMILES string of the molecule is CCN(C(=O)[C@H](C)Sc1nnc(C)s1)[C@H]1CCS(=O)(=O)C1. The number of carbonyl (C=O) groups is 1. The average Bonchev–Trinajstić information content (AvgIpc) is 2.96. The Morgan fingerprint density at radius 3 is 2.71 bits per heavy atom. The molecule has 2 heterocycles. The maximum atomic E-state index is 12.6. The maximum absolute atomic E-state index is 12.6. The lowest BCUT2D eigenvalue weighted by molar-refractivity contribution is -0.131. The fraction of sp³-hybridized carbons (Fsp3) is 0.750. The summed E-state index contributed by atoms with van der Waals surface area (Å²) in [5.41, 5.74) is 0. The number of carbonyl (C=O) groups excluding carboxylic acids is 1. The van der Waals surface area contributed by atoms with Crippen LogP contribution in [0.1, 0.15) is 25.3 Å². The number of sulfone groups is 1. The normalized spacial score (nSPS) is 22.1. The molecule has 1 saturated heterocycles. The van der Waals surface area contributed by atoms with Crippen LogP contribution < -0.4 is 0 Å². The van der Waals surface area contributed by atoms with E-state index in [0.717, 1.165) is 9.35 Å². The molecule has 6 nitrogen and oxygen atoms in total. The maximum Gasteiger partial charge on any atom is 0.236 e. The van der Waals surface area contributed by atoms with Crippen molar-refractivity contribution in [3.63, 3.8) is 0 Å². The number of amides is 1. The first-order valence-electron chi connectivity index (χ1n) is 6.80. The predicted molar refractivity (Wildman–Crippen MR) is 84.4 cm³/mol. The van der Waals surface area contributed by atoms with Crippen molar-refractivity contribution in [2.45, 2.75) is 42.8 Å². The van der Waals surface area contributed by atoms with Gasteiger partial charge in [0, 0.05) is 12.6 Å². The molecule has 1 aliphatic rings. The lowest BCUT2D eigenvalue weighted by Gasteiger charge is -2.29. The van der Waals surface area contributed by atoms with Crippen molar-refractivity contribution in [3.05, 3.63) is 5.01 Å². The lowest BCUT2D eigenvalue weighted by Crippen LogP contribution is -2.44. The number of thioether (sulfide) groups is 1. The van der Waals surface area contributed by atoms with Crippen LogP contribution >= 0.6 is 23.1 Å². The molecule has 0 aliphatic carbocycles. The van der Waals surface area contributed by atoms with Crippen molar-refractivity contribution in [3.8, 4) is 0 Å². The molecule has 2 rings (SSSR count). The molecule has 1 aliphatic heterocycles. The standard InChI is InChI=1S/C12H19N3O3S3/c1-4-15(10-5-6-21(17,18)7-10)11(16)8(2)19-12-14-13-9(3)20-12/h8,10H,4-7H2,1-3H3/t8-,10-/m0/s1. The van der Waals surface area contributed by atoms with Gasteiger partial charge in [0.05, 0.1) is 16.8 Å². The highest BCUT2D eigenvalue weighted by atomic mass is 32.2. The zero-order valence-corrected chi connectivity index (χ0v) is 14.7. The van der Waals surface area contributed by atoms with Gasteiger partial charge < -0.3 is 4.90 Å². The van der Waals surface area contributed by atoms with Crippen molar-refractivity contribution >= 4 is 38.8 Å². The van der Waals surface area contributed by atoms with Gasteiger partial charge in [-0.25, -0.2) is 8.42 Å². The van der Waals surface area contributed by atoms with Crippen LogP contribution in [-0.4, -0.2) is 58.8 Å². The first-order chi connectivity index (χ1) is 9.82. The molecule has 0 saturated carbocycles. The third-order valence-electron chi connectivity index (χ3n) is 3.41. The van der Waals surface area contributed by atoms with Gasteiger partial charge in [0.2, 0.25) is 5.91 Å². The molecule has 0 unspecified atom stereocenters. The Bertz CT molecular complexity index is 614. The Balaban J connectivity index is 2.02. The summed E-state index contributed by atoms with van der Waals surface area (Å²) in [6.45, 7) is 6.11. The van der Waals surface area contributed by atoms with E-state index in [0.29, 0.717) is 13.0 Å². The van der Waals surface area contributed by atoms with Crippen LogP contribution in [-0.2, 0) is 14.6 Å². The van der Waals surface area contributed by atoms with E-state index in [1.54, 1.807) is 4.90 Å². The van der Waals surface area contributed by atoms with Gasteiger partial charge in [-0.3, -0.25) is 4.79 Å². The largest absolute Gasteiger partial charge is 0.338 e. The number of rotatable bonds is 5. The summed E-state index contributed by atoms with van der Waals surface area (Å²) in [5, 5.41) is 8.52. The first kappa shape index (κ1) is 16.7. The summed E-state index contributed by atoms with van der Waals surface area (Å²) in [5.74, 6) is 0.234. The van der Waals surface area contributed by atoms with E-state index in [9.17, 15) is 13.2 Å². The second-order valence-electron chi connectivity index (χ2n) is 5.03. The Morgan fingerprint density at radius 2 is 2.24 bits per heavy atom. The summed E-state index contributed by atoms with van der Waals surface area (Å²) in [7, 11) is -2.99. The van der Waals surface area contributed by atoms with E-state index in [-0.39, 0.29) is 28.7 Å². The number of hydrogen-bond acceptors (Lipinski definition) is 7. The quantitative estimate of drug-likeness (QED) is 0.747. The Kier molecular flexibility index (Phi) is 5.26. The third kappa shape index (κ3) is 4.17. The minimum absolute atomic E-state index is 0.0301. The minimum atomic E-state index is -2.99. The highest BCUT2D eigenvalue weighted by molar-refractivity contribution is 8.02.